The lowest BCUT2D eigenvalue weighted by Crippen LogP contribution is -2.41. The Hall–Kier alpha value is -3.89. The van der Waals surface area contributed by atoms with Crippen molar-refractivity contribution in [3.63, 3.8) is 0 Å². The molecule has 0 saturated heterocycles. The molecule has 1 unspecified atom stereocenters. The third-order valence-electron chi connectivity index (χ3n) is 5.69. The molecule has 0 radical (unpaired) electrons. The Kier molecular flexibility index (Phi) is 5.79. The number of carbonyl (C=O) groups is 1. The largest absolute Gasteiger partial charge is 0.384 e. The molecule has 7 heteroatoms. The van der Waals surface area contributed by atoms with Crippen molar-refractivity contribution in [2.24, 2.45) is 5.73 Å². The van der Waals surface area contributed by atoms with Gasteiger partial charge in [-0.25, -0.2) is 0 Å². The van der Waals surface area contributed by atoms with E-state index in [-0.39, 0.29) is 22.9 Å². The van der Waals surface area contributed by atoms with Crippen molar-refractivity contribution < 1.29 is 4.79 Å². The van der Waals surface area contributed by atoms with E-state index < -0.39 is 5.92 Å². The molecule has 4 rings (SSSR count). The number of benzene rings is 2. The minimum atomic E-state index is -0.657. The van der Waals surface area contributed by atoms with Crippen LogP contribution in [0.5, 0.6) is 0 Å². The summed E-state index contributed by atoms with van der Waals surface area (Å²) in [6.45, 7) is 3.97. The Morgan fingerprint density at radius 2 is 1.67 bits per heavy atom. The topological polar surface area (TPSA) is 92.1 Å². The van der Waals surface area contributed by atoms with Crippen LogP contribution < -0.4 is 20.5 Å². The Morgan fingerprint density at radius 3 is 2.21 bits per heavy atom. The summed E-state index contributed by atoms with van der Waals surface area (Å²) in [6, 6.07) is 17.6. The van der Waals surface area contributed by atoms with Gasteiger partial charge >= 0.3 is 0 Å². The highest BCUT2D eigenvalue weighted by Crippen LogP contribution is 2.36. The van der Waals surface area contributed by atoms with Crippen molar-refractivity contribution in [3.8, 4) is 6.07 Å². The van der Waals surface area contributed by atoms with Gasteiger partial charge in [-0.1, -0.05) is 59.7 Å². The molecule has 1 aliphatic rings. The molecule has 2 N–H and O–H groups in total. The SMILES string of the molecule is Cc1ccc(/C=c2/sc3n(c2=O)C(N)=C(C#N)C(c2ccc(C)cc2)C=3C(=O)N(C)C)cc1. The van der Waals surface area contributed by atoms with Crippen LogP contribution in [0.2, 0.25) is 0 Å². The van der Waals surface area contributed by atoms with Crippen LogP contribution in [0.25, 0.3) is 17.5 Å². The van der Waals surface area contributed by atoms with Gasteiger partial charge < -0.3 is 10.6 Å². The van der Waals surface area contributed by atoms with Crippen molar-refractivity contribution in [2.75, 3.05) is 14.1 Å². The summed E-state index contributed by atoms with van der Waals surface area (Å²) in [7, 11) is 3.31. The number of carbonyl (C=O) groups excluding carboxylic acids is 1. The molecule has 2 heterocycles. The first-order valence-electron chi connectivity index (χ1n) is 10.5. The zero-order chi connectivity index (χ0) is 23.9. The molecular weight excluding hydrogens is 432 g/mol. The van der Waals surface area contributed by atoms with Crippen LogP contribution in [0, 0.1) is 25.2 Å². The van der Waals surface area contributed by atoms with Crippen molar-refractivity contribution in [3.05, 3.63) is 95.9 Å². The minimum absolute atomic E-state index is 0.0678. The molecular formula is C26H24N4O2S. The Bertz CT molecular complexity index is 1500. The number of allylic oxidation sites excluding steroid dienone is 1. The lowest BCUT2D eigenvalue weighted by atomic mass is 9.83. The van der Waals surface area contributed by atoms with E-state index in [2.05, 4.69) is 6.07 Å². The molecule has 0 bridgehead atoms. The fraction of sp³-hybridized carbons (Fsp3) is 0.192. The maximum atomic E-state index is 13.4. The lowest BCUT2D eigenvalue weighted by Gasteiger charge is -2.27. The van der Waals surface area contributed by atoms with Crippen LogP contribution in [0.4, 0.5) is 0 Å². The van der Waals surface area contributed by atoms with Crippen LogP contribution in [0.1, 0.15) is 28.2 Å². The van der Waals surface area contributed by atoms with Gasteiger partial charge in [0, 0.05) is 14.1 Å². The molecule has 6 nitrogen and oxygen atoms in total. The molecule has 33 heavy (non-hydrogen) atoms. The first-order valence-corrected chi connectivity index (χ1v) is 11.3. The third-order valence-corrected chi connectivity index (χ3v) is 6.80. The number of hydrogen-bond donors (Lipinski definition) is 1. The average molecular weight is 457 g/mol. The van der Waals surface area contributed by atoms with E-state index in [0.717, 1.165) is 22.3 Å². The second kappa shape index (κ2) is 8.57. The van der Waals surface area contributed by atoms with E-state index in [1.165, 1.54) is 20.8 Å². The Balaban J connectivity index is 2.10. The van der Waals surface area contributed by atoms with Crippen molar-refractivity contribution in [1.82, 2.24) is 9.47 Å². The summed E-state index contributed by atoms with van der Waals surface area (Å²) in [6.07, 6.45) is 1.79. The van der Waals surface area contributed by atoms with Crippen LogP contribution in [-0.2, 0) is 4.79 Å². The number of thiazole rings is 1. The van der Waals surface area contributed by atoms with Crippen LogP contribution >= 0.6 is 11.3 Å². The second-order valence-electron chi connectivity index (χ2n) is 8.33. The predicted octanol–water partition coefficient (Wildman–Crippen LogP) is 2.04. The molecule has 0 fully saturated rings. The highest BCUT2D eigenvalue weighted by molar-refractivity contribution is 7.07. The molecule has 166 valence electrons. The number of nitrogens with zero attached hydrogens (tertiary/aromatic N) is 3. The maximum absolute atomic E-state index is 13.4. The summed E-state index contributed by atoms with van der Waals surface area (Å²) in [5.74, 6) is -0.855. The molecule has 1 atom stereocenters. The second-order valence-corrected chi connectivity index (χ2v) is 9.37. The van der Waals surface area contributed by atoms with Gasteiger partial charge in [-0.05, 0) is 31.1 Å². The number of hydrogen-bond acceptors (Lipinski definition) is 5. The number of aromatic nitrogens is 1. The number of aryl methyl sites for hydroxylation is 2. The number of nitriles is 1. The summed E-state index contributed by atoms with van der Waals surface area (Å²) in [5, 5.41) is 10.0. The quantitative estimate of drug-likeness (QED) is 0.653. The highest BCUT2D eigenvalue weighted by Gasteiger charge is 2.36. The van der Waals surface area contributed by atoms with Gasteiger partial charge in [-0.2, -0.15) is 5.26 Å². The minimum Gasteiger partial charge on any atom is -0.384 e. The van der Waals surface area contributed by atoms with E-state index in [9.17, 15) is 14.9 Å². The first kappa shape index (κ1) is 22.3. The maximum Gasteiger partial charge on any atom is 0.274 e. The number of fused-ring (bicyclic) bond motifs is 1. The molecule has 0 spiro atoms. The monoisotopic (exact) mass is 456 g/mol. The first-order chi connectivity index (χ1) is 15.7. The van der Waals surface area contributed by atoms with Crippen molar-refractivity contribution in [2.45, 2.75) is 19.8 Å². The van der Waals surface area contributed by atoms with Gasteiger partial charge in [-0.3, -0.25) is 14.2 Å². The highest BCUT2D eigenvalue weighted by atomic mass is 32.1. The number of amides is 1. The van der Waals surface area contributed by atoms with Gasteiger partial charge in [-0.15, -0.1) is 11.3 Å². The fourth-order valence-corrected chi connectivity index (χ4v) is 5.07. The van der Waals surface area contributed by atoms with Gasteiger partial charge in [0.25, 0.3) is 11.5 Å². The van der Waals surface area contributed by atoms with E-state index in [0.29, 0.717) is 14.8 Å². The zero-order valence-corrected chi connectivity index (χ0v) is 19.7. The van der Waals surface area contributed by atoms with Gasteiger partial charge in [0.05, 0.1) is 27.7 Å². The zero-order valence-electron chi connectivity index (χ0n) is 18.9. The molecule has 1 aromatic heterocycles. The molecule has 0 aliphatic carbocycles. The van der Waals surface area contributed by atoms with Crippen LogP contribution in [-0.4, -0.2) is 29.5 Å². The van der Waals surface area contributed by atoms with Crippen LogP contribution in [0.3, 0.4) is 0 Å². The average Bonchev–Trinajstić information content (AvgIpc) is 3.11. The van der Waals surface area contributed by atoms with E-state index in [4.69, 9.17) is 5.73 Å². The summed E-state index contributed by atoms with van der Waals surface area (Å²) in [5.41, 5.74) is 10.5. The molecule has 2 aromatic carbocycles. The van der Waals surface area contributed by atoms with E-state index >= 15 is 0 Å². The normalized spacial score (nSPS) is 15.9. The summed E-state index contributed by atoms with van der Waals surface area (Å²) >= 11 is 1.22. The van der Waals surface area contributed by atoms with Gasteiger partial charge in [0.2, 0.25) is 0 Å². The van der Waals surface area contributed by atoms with Gasteiger partial charge in [0.15, 0.2) is 0 Å². The van der Waals surface area contributed by atoms with E-state index in [1.807, 2.05) is 62.4 Å². The third kappa shape index (κ3) is 3.90. The van der Waals surface area contributed by atoms with Crippen LogP contribution in [0.15, 0.2) is 58.9 Å². The van der Waals surface area contributed by atoms with Gasteiger partial charge in [0.1, 0.15) is 10.5 Å². The molecule has 0 saturated carbocycles. The summed E-state index contributed by atoms with van der Waals surface area (Å²) < 4.78 is 2.21. The molecule has 1 aliphatic heterocycles. The van der Waals surface area contributed by atoms with Crippen molar-refractivity contribution >= 4 is 34.7 Å². The fourth-order valence-electron chi connectivity index (χ4n) is 3.90. The summed E-state index contributed by atoms with van der Waals surface area (Å²) in [4.78, 5) is 28.2. The van der Waals surface area contributed by atoms with E-state index in [1.54, 1.807) is 20.2 Å². The standard InChI is InChI=1S/C26H24N4O2S/c1-15-5-9-17(10-6-15)13-20-24(31)30-23(28)19(14-27)21(18-11-7-16(2)8-12-18)22(26(30)33-20)25(32)29(3)4/h5-13,21H,28H2,1-4H3/b20-13+. The smallest absolute Gasteiger partial charge is 0.274 e. The Morgan fingerprint density at radius 1 is 1.09 bits per heavy atom. The molecule has 3 aromatic rings. The predicted molar refractivity (Wildman–Crippen MR) is 132 cm³/mol. The lowest BCUT2D eigenvalue weighted by molar-refractivity contribution is -0.123. The number of rotatable bonds is 3. The van der Waals surface area contributed by atoms with Crippen molar-refractivity contribution in [1.29, 1.82) is 5.26 Å². The number of nitrogens with two attached hydrogens (primary N) is 1. The Labute approximate surface area is 195 Å². The molecule has 1 amide bonds.